The van der Waals surface area contributed by atoms with Crippen LogP contribution in [0.2, 0.25) is 10.0 Å². The van der Waals surface area contributed by atoms with Gasteiger partial charge in [-0.15, -0.1) is 0 Å². The molecule has 0 unspecified atom stereocenters. The molecule has 6 nitrogen and oxygen atoms in total. The van der Waals surface area contributed by atoms with Gasteiger partial charge < -0.3 is 16.4 Å². The van der Waals surface area contributed by atoms with Crippen molar-refractivity contribution in [3.8, 4) is 0 Å². The molecule has 118 valence electrons. The highest BCUT2D eigenvalue weighted by Crippen LogP contribution is 2.29. The fraction of sp³-hybridized carbons (Fsp3) is 0. The molecule has 0 aliphatic carbocycles. The third-order valence-corrected chi connectivity index (χ3v) is 3.48. The number of hydrogen-bond acceptors (Lipinski definition) is 3. The second-order valence-corrected chi connectivity index (χ2v) is 5.23. The van der Waals surface area contributed by atoms with Crippen molar-refractivity contribution in [2.75, 3.05) is 10.6 Å². The van der Waals surface area contributed by atoms with Crippen LogP contribution in [0.15, 0.2) is 42.5 Å². The number of nitrogens with one attached hydrogen (secondary N) is 2. The van der Waals surface area contributed by atoms with Crippen LogP contribution < -0.4 is 16.4 Å². The predicted molar refractivity (Wildman–Crippen MR) is 88.7 cm³/mol. The molecule has 0 radical (unpaired) electrons. The van der Waals surface area contributed by atoms with Crippen molar-refractivity contribution in [3.05, 3.63) is 58.1 Å². The maximum Gasteiger partial charge on any atom is 0.314 e. The van der Waals surface area contributed by atoms with E-state index in [0.717, 1.165) is 0 Å². The van der Waals surface area contributed by atoms with Gasteiger partial charge in [0.05, 0.1) is 27.0 Å². The molecule has 3 amide bonds. The molecule has 2 aromatic carbocycles. The minimum absolute atomic E-state index is 0.0874. The molecule has 0 bridgehead atoms. The monoisotopic (exact) mass is 351 g/mol. The zero-order chi connectivity index (χ0) is 17.0. The maximum absolute atomic E-state index is 12.0. The van der Waals surface area contributed by atoms with E-state index in [4.69, 9.17) is 28.9 Å². The van der Waals surface area contributed by atoms with Crippen molar-refractivity contribution in [1.82, 2.24) is 0 Å². The van der Waals surface area contributed by atoms with Gasteiger partial charge in [0.15, 0.2) is 0 Å². The molecule has 2 rings (SSSR count). The van der Waals surface area contributed by atoms with Crippen LogP contribution in [0.5, 0.6) is 0 Å². The van der Waals surface area contributed by atoms with Crippen molar-refractivity contribution in [1.29, 1.82) is 0 Å². The molecule has 4 N–H and O–H groups in total. The van der Waals surface area contributed by atoms with Gasteiger partial charge in [0.2, 0.25) is 0 Å². The van der Waals surface area contributed by atoms with E-state index in [1.165, 1.54) is 24.3 Å². The summed E-state index contributed by atoms with van der Waals surface area (Å²) in [6.07, 6.45) is 0. The molecule has 0 aliphatic heterocycles. The Balaban J connectivity index is 2.16. The zero-order valence-electron chi connectivity index (χ0n) is 11.6. The van der Waals surface area contributed by atoms with E-state index in [1.807, 2.05) is 0 Å². The van der Waals surface area contributed by atoms with E-state index < -0.39 is 17.7 Å². The number of primary amides is 1. The summed E-state index contributed by atoms with van der Waals surface area (Å²) in [6.45, 7) is 0. The Labute approximate surface area is 141 Å². The fourth-order valence-corrected chi connectivity index (χ4v) is 2.27. The maximum atomic E-state index is 12.0. The smallest absolute Gasteiger partial charge is 0.314 e. The molecular weight excluding hydrogens is 341 g/mol. The highest BCUT2D eigenvalue weighted by atomic mass is 35.5. The van der Waals surface area contributed by atoms with Gasteiger partial charge in [-0.3, -0.25) is 14.4 Å². The summed E-state index contributed by atoms with van der Waals surface area (Å²) in [6, 6.07) is 10.7. The van der Waals surface area contributed by atoms with Gasteiger partial charge in [-0.2, -0.15) is 0 Å². The Morgan fingerprint density at radius 3 is 2.00 bits per heavy atom. The third-order valence-electron chi connectivity index (χ3n) is 2.85. The number of benzene rings is 2. The average Bonchev–Trinajstić information content (AvgIpc) is 2.51. The summed E-state index contributed by atoms with van der Waals surface area (Å²) >= 11 is 11.8. The topological polar surface area (TPSA) is 101 Å². The van der Waals surface area contributed by atoms with Gasteiger partial charge in [0.25, 0.3) is 5.91 Å². The molecule has 0 fully saturated rings. The van der Waals surface area contributed by atoms with Crippen LogP contribution in [0.3, 0.4) is 0 Å². The first-order valence-electron chi connectivity index (χ1n) is 6.35. The van der Waals surface area contributed by atoms with Gasteiger partial charge in [-0.1, -0.05) is 41.4 Å². The van der Waals surface area contributed by atoms with Gasteiger partial charge >= 0.3 is 11.8 Å². The Hall–Kier alpha value is -2.57. The van der Waals surface area contributed by atoms with Crippen molar-refractivity contribution in [3.63, 3.8) is 0 Å². The summed E-state index contributed by atoms with van der Waals surface area (Å²) in [5, 5.41) is 5.01. The summed E-state index contributed by atoms with van der Waals surface area (Å²) < 4.78 is 0. The normalized spacial score (nSPS) is 10.0. The molecule has 0 aliphatic rings. The number of carbonyl (C=O) groups excluding carboxylic acids is 3. The van der Waals surface area contributed by atoms with E-state index in [-0.39, 0.29) is 27.0 Å². The Morgan fingerprint density at radius 1 is 0.826 bits per heavy atom. The van der Waals surface area contributed by atoms with Crippen LogP contribution in [-0.4, -0.2) is 17.7 Å². The number of para-hydroxylation sites is 2. The summed E-state index contributed by atoms with van der Waals surface area (Å²) in [5.41, 5.74) is 5.55. The SMILES string of the molecule is NC(=O)c1ccccc1NC(=O)C(=O)Nc1c(Cl)cccc1Cl. The minimum atomic E-state index is -0.991. The predicted octanol–water partition coefficient (Wildman–Crippen LogP) is 2.67. The Kier molecular flexibility index (Phi) is 5.20. The molecule has 0 aromatic heterocycles. The molecule has 0 saturated carbocycles. The first-order chi connectivity index (χ1) is 10.9. The zero-order valence-corrected chi connectivity index (χ0v) is 13.1. The largest absolute Gasteiger partial charge is 0.366 e. The van der Waals surface area contributed by atoms with Crippen LogP contribution in [0.25, 0.3) is 0 Å². The molecule has 0 saturated heterocycles. The quantitative estimate of drug-likeness (QED) is 0.740. The van der Waals surface area contributed by atoms with E-state index in [2.05, 4.69) is 10.6 Å². The van der Waals surface area contributed by atoms with E-state index in [0.29, 0.717) is 0 Å². The lowest BCUT2D eigenvalue weighted by Gasteiger charge is -2.10. The number of rotatable bonds is 3. The average molecular weight is 352 g/mol. The molecule has 23 heavy (non-hydrogen) atoms. The van der Waals surface area contributed by atoms with E-state index in [1.54, 1.807) is 18.2 Å². The van der Waals surface area contributed by atoms with Gasteiger partial charge in [-0.25, -0.2) is 0 Å². The van der Waals surface area contributed by atoms with Crippen LogP contribution in [-0.2, 0) is 9.59 Å². The summed E-state index contributed by atoms with van der Waals surface area (Å²) in [7, 11) is 0. The molecule has 8 heteroatoms. The lowest BCUT2D eigenvalue weighted by molar-refractivity contribution is -0.132. The second kappa shape index (κ2) is 7.13. The number of hydrogen-bond donors (Lipinski definition) is 3. The fourth-order valence-electron chi connectivity index (χ4n) is 1.77. The molecule has 0 spiro atoms. The first-order valence-corrected chi connectivity index (χ1v) is 7.11. The summed E-state index contributed by atoms with van der Waals surface area (Å²) in [5.74, 6) is -2.70. The van der Waals surface area contributed by atoms with Crippen molar-refractivity contribution in [2.24, 2.45) is 5.73 Å². The number of halogens is 2. The molecule has 0 atom stereocenters. The highest BCUT2D eigenvalue weighted by molar-refractivity contribution is 6.46. The van der Waals surface area contributed by atoms with Crippen LogP contribution in [0.4, 0.5) is 11.4 Å². The molecule has 0 heterocycles. The van der Waals surface area contributed by atoms with E-state index in [9.17, 15) is 14.4 Å². The van der Waals surface area contributed by atoms with Gasteiger partial charge in [0.1, 0.15) is 0 Å². The second-order valence-electron chi connectivity index (χ2n) is 4.41. The Bertz CT molecular complexity index is 773. The molecular formula is C15H11Cl2N3O3. The number of carbonyl (C=O) groups is 3. The number of amides is 3. The van der Waals surface area contributed by atoms with Gasteiger partial charge in [-0.05, 0) is 24.3 Å². The lowest BCUT2D eigenvalue weighted by atomic mass is 10.1. The van der Waals surface area contributed by atoms with E-state index >= 15 is 0 Å². The Morgan fingerprint density at radius 2 is 1.39 bits per heavy atom. The number of anilines is 2. The van der Waals surface area contributed by atoms with Crippen LogP contribution in [0, 0.1) is 0 Å². The van der Waals surface area contributed by atoms with Crippen LogP contribution >= 0.6 is 23.2 Å². The summed E-state index contributed by atoms with van der Waals surface area (Å²) in [4.78, 5) is 35.2. The lowest BCUT2D eigenvalue weighted by Crippen LogP contribution is -2.30. The van der Waals surface area contributed by atoms with Crippen molar-refractivity contribution >= 4 is 52.3 Å². The highest BCUT2D eigenvalue weighted by Gasteiger charge is 2.19. The molecule has 2 aromatic rings. The number of nitrogens with two attached hydrogens (primary N) is 1. The third kappa shape index (κ3) is 4.00. The van der Waals surface area contributed by atoms with Crippen molar-refractivity contribution in [2.45, 2.75) is 0 Å². The van der Waals surface area contributed by atoms with Crippen molar-refractivity contribution < 1.29 is 14.4 Å². The first kappa shape index (κ1) is 16.8. The minimum Gasteiger partial charge on any atom is -0.366 e. The van der Waals surface area contributed by atoms with Gasteiger partial charge in [0, 0.05) is 0 Å². The standard InChI is InChI=1S/C15H11Cl2N3O3/c16-9-5-3-6-10(17)12(9)20-15(23)14(22)19-11-7-2-1-4-8(11)13(18)21/h1-7H,(H2,18,21)(H,19,22)(H,20,23). The van der Waals surface area contributed by atoms with Crippen LogP contribution in [0.1, 0.15) is 10.4 Å².